The molecule has 0 unspecified atom stereocenters. The summed E-state index contributed by atoms with van der Waals surface area (Å²) in [5.74, 6) is -0.0572. The number of carbonyl (C=O) groups excluding carboxylic acids is 1. The first-order valence-electron chi connectivity index (χ1n) is 15.5. The molecule has 46 heavy (non-hydrogen) atoms. The van der Waals surface area contributed by atoms with Crippen LogP contribution in [-0.4, -0.2) is 60.3 Å². The number of hydrogen-bond donors (Lipinski definition) is 1. The van der Waals surface area contributed by atoms with Crippen LogP contribution in [0.5, 0.6) is 11.5 Å². The standard InChI is InChI=1S/C33H31F2N5O4.C2H6/c1-42-22-8-6-20(28(14-22)43-2)17-39-18-27-31(32(39)41)26(15-25(37-27)30-23(34)4-3-5-24(30)35)38-29-9-7-21(16-36-29)40-12-13-44-19-33(40)10-11-33;1-2/h3-9,14-16H,10-13,17-19H2,1-2H3,(H,36,37,38);1-2H3. The van der Waals surface area contributed by atoms with Gasteiger partial charge in [0.1, 0.15) is 29.0 Å². The second-order valence-electron chi connectivity index (χ2n) is 11.3. The summed E-state index contributed by atoms with van der Waals surface area (Å²) in [6.07, 6.45) is 3.98. The van der Waals surface area contributed by atoms with Gasteiger partial charge in [-0.05, 0) is 55.3 Å². The molecule has 4 aromatic rings. The number of hydrogen-bond acceptors (Lipinski definition) is 8. The van der Waals surface area contributed by atoms with Gasteiger partial charge in [0.15, 0.2) is 0 Å². The number of carbonyl (C=O) groups is 1. The molecule has 1 amide bonds. The molecule has 2 fully saturated rings. The number of nitrogens with zero attached hydrogens (tertiary/aromatic N) is 4. The molecule has 0 radical (unpaired) electrons. The largest absolute Gasteiger partial charge is 0.497 e. The number of pyridine rings is 2. The predicted molar refractivity (Wildman–Crippen MR) is 172 cm³/mol. The van der Waals surface area contributed by atoms with Crippen molar-refractivity contribution in [1.82, 2.24) is 14.9 Å². The maximum Gasteiger partial charge on any atom is 0.258 e. The van der Waals surface area contributed by atoms with Gasteiger partial charge in [0.2, 0.25) is 0 Å². The van der Waals surface area contributed by atoms with Crippen LogP contribution in [0, 0.1) is 11.6 Å². The molecule has 11 heteroatoms. The van der Waals surface area contributed by atoms with Gasteiger partial charge in [-0.3, -0.25) is 4.79 Å². The highest BCUT2D eigenvalue weighted by molar-refractivity contribution is 6.04. The average molecular weight is 630 g/mol. The Morgan fingerprint density at radius 3 is 2.46 bits per heavy atom. The molecule has 3 aliphatic rings. The van der Waals surface area contributed by atoms with Crippen LogP contribution < -0.4 is 19.7 Å². The number of anilines is 3. The average Bonchev–Trinajstić information content (AvgIpc) is 3.77. The molecule has 4 heterocycles. The number of halogens is 2. The molecule has 2 aliphatic heterocycles. The Bertz CT molecular complexity index is 1730. The number of benzene rings is 2. The van der Waals surface area contributed by atoms with Crippen molar-refractivity contribution < 1.29 is 27.8 Å². The molecule has 1 saturated heterocycles. The van der Waals surface area contributed by atoms with Crippen molar-refractivity contribution in [2.45, 2.75) is 45.3 Å². The van der Waals surface area contributed by atoms with Gasteiger partial charge in [-0.15, -0.1) is 0 Å². The van der Waals surface area contributed by atoms with Crippen LogP contribution in [0.15, 0.2) is 60.8 Å². The Morgan fingerprint density at radius 1 is 1.00 bits per heavy atom. The van der Waals surface area contributed by atoms with Crippen molar-refractivity contribution in [2.24, 2.45) is 0 Å². The molecule has 9 nitrogen and oxygen atoms in total. The summed E-state index contributed by atoms with van der Waals surface area (Å²) in [5.41, 5.74) is 2.76. The Hall–Kier alpha value is -4.77. The number of aromatic nitrogens is 2. The van der Waals surface area contributed by atoms with E-state index < -0.39 is 11.6 Å². The number of methoxy groups -OCH3 is 2. The molecule has 2 aromatic heterocycles. The Kier molecular flexibility index (Phi) is 8.77. The van der Waals surface area contributed by atoms with Gasteiger partial charge in [0, 0.05) is 18.2 Å². The van der Waals surface area contributed by atoms with E-state index in [0.717, 1.165) is 30.6 Å². The molecule has 1 spiro atoms. The van der Waals surface area contributed by atoms with Crippen molar-refractivity contribution in [1.29, 1.82) is 0 Å². The summed E-state index contributed by atoms with van der Waals surface area (Å²) in [7, 11) is 3.12. The number of rotatable bonds is 8. The van der Waals surface area contributed by atoms with Crippen molar-refractivity contribution in [2.75, 3.05) is 44.2 Å². The van der Waals surface area contributed by atoms with Crippen molar-refractivity contribution >= 4 is 23.1 Å². The molecule has 1 aliphatic carbocycles. The highest BCUT2D eigenvalue weighted by Crippen LogP contribution is 2.46. The van der Waals surface area contributed by atoms with E-state index in [4.69, 9.17) is 14.2 Å². The zero-order chi connectivity index (χ0) is 32.4. The minimum atomic E-state index is -0.741. The van der Waals surface area contributed by atoms with E-state index in [2.05, 4.69) is 20.2 Å². The van der Waals surface area contributed by atoms with Crippen LogP contribution in [-0.2, 0) is 17.8 Å². The molecular formula is C35H37F2N5O4. The fourth-order valence-electron chi connectivity index (χ4n) is 6.10. The zero-order valence-corrected chi connectivity index (χ0v) is 26.4. The van der Waals surface area contributed by atoms with E-state index in [1.54, 1.807) is 37.4 Å². The number of amides is 1. The van der Waals surface area contributed by atoms with Crippen molar-refractivity contribution in [3.8, 4) is 22.8 Å². The maximum atomic E-state index is 14.9. The van der Waals surface area contributed by atoms with E-state index in [9.17, 15) is 13.6 Å². The Morgan fingerprint density at radius 2 is 1.78 bits per heavy atom. The summed E-state index contributed by atoms with van der Waals surface area (Å²) in [6.45, 7) is 6.56. The summed E-state index contributed by atoms with van der Waals surface area (Å²) in [5, 5.41) is 3.24. The van der Waals surface area contributed by atoms with E-state index in [0.29, 0.717) is 47.5 Å². The number of morpholine rings is 1. The molecule has 2 aromatic carbocycles. The first-order valence-corrected chi connectivity index (χ1v) is 15.5. The minimum Gasteiger partial charge on any atom is -0.497 e. The SMILES string of the molecule is CC.COc1ccc(CN2Cc3nc(-c4c(F)cccc4F)cc(Nc4ccc(N5CCOCC56CC6)cn4)c3C2=O)c(OC)c1. The van der Waals surface area contributed by atoms with E-state index in [1.165, 1.54) is 24.3 Å². The molecule has 240 valence electrons. The third-order valence-corrected chi connectivity index (χ3v) is 8.56. The molecule has 0 atom stereocenters. The lowest BCUT2D eigenvalue weighted by Crippen LogP contribution is -2.47. The molecule has 0 bridgehead atoms. The highest BCUT2D eigenvalue weighted by atomic mass is 19.1. The van der Waals surface area contributed by atoms with Crippen LogP contribution in [0.1, 0.15) is 48.3 Å². The second-order valence-corrected chi connectivity index (χ2v) is 11.3. The van der Waals surface area contributed by atoms with E-state index in [1.807, 2.05) is 32.0 Å². The van der Waals surface area contributed by atoms with Crippen LogP contribution in [0.25, 0.3) is 11.3 Å². The first kappa shape index (κ1) is 31.2. The molecular weight excluding hydrogens is 592 g/mol. The summed E-state index contributed by atoms with van der Waals surface area (Å²) < 4.78 is 46.3. The van der Waals surface area contributed by atoms with Gasteiger partial charge in [0.05, 0.1) is 86.1 Å². The van der Waals surface area contributed by atoms with Crippen molar-refractivity contribution in [3.63, 3.8) is 0 Å². The normalized spacial score (nSPS) is 16.1. The fourth-order valence-corrected chi connectivity index (χ4v) is 6.10. The highest BCUT2D eigenvalue weighted by Gasteiger charge is 2.50. The summed E-state index contributed by atoms with van der Waals surface area (Å²) >= 11 is 0. The molecule has 1 N–H and O–H groups in total. The van der Waals surface area contributed by atoms with Crippen LogP contribution in [0.3, 0.4) is 0 Å². The topological polar surface area (TPSA) is 89.0 Å². The van der Waals surface area contributed by atoms with Gasteiger partial charge < -0.3 is 29.3 Å². The monoisotopic (exact) mass is 629 g/mol. The summed E-state index contributed by atoms with van der Waals surface area (Å²) in [6, 6.07) is 14.4. The lowest BCUT2D eigenvalue weighted by Gasteiger charge is -2.37. The van der Waals surface area contributed by atoms with Crippen LogP contribution >= 0.6 is 0 Å². The fraction of sp³-hybridized carbons (Fsp3) is 0.343. The van der Waals surface area contributed by atoms with Crippen molar-refractivity contribution in [3.05, 3.63) is 89.2 Å². The van der Waals surface area contributed by atoms with Gasteiger partial charge in [-0.2, -0.15) is 0 Å². The van der Waals surface area contributed by atoms with Gasteiger partial charge >= 0.3 is 0 Å². The molecule has 1 saturated carbocycles. The second kappa shape index (κ2) is 12.9. The smallest absolute Gasteiger partial charge is 0.258 e. The minimum absolute atomic E-state index is 0.0575. The van der Waals surface area contributed by atoms with Gasteiger partial charge in [-0.1, -0.05) is 19.9 Å². The molecule has 7 rings (SSSR count). The lowest BCUT2D eigenvalue weighted by atomic mass is 10.1. The third-order valence-electron chi connectivity index (χ3n) is 8.56. The van der Waals surface area contributed by atoms with Gasteiger partial charge in [-0.25, -0.2) is 18.7 Å². The number of fused-ring (bicyclic) bond motifs is 1. The predicted octanol–water partition coefficient (Wildman–Crippen LogP) is 6.73. The van der Waals surface area contributed by atoms with Crippen LogP contribution in [0.2, 0.25) is 0 Å². The number of nitrogens with one attached hydrogen (secondary N) is 1. The van der Waals surface area contributed by atoms with Crippen LogP contribution in [0.4, 0.5) is 26.0 Å². The summed E-state index contributed by atoms with van der Waals surface area (Å²) in [4.78, 5) is 27.1. The van der Waals surface area contributed by atoms with E-state index in [-0.39, 0.29) is 35.8 Å². The zero-order valence-electron chi connectivity index (χ0n) is 26.4. The van der Waals surface area contributed by atoms with E-state index >= 15 is 0 Å². The maximum absolute atomic E-state index is 14.9. The third kappa shape index (κ3) is 5.82. The lowest BCUT2D eigenvalue weighted by molar-refractivity contribution is 0.0766. The number of ether oxygens (including phenoxy) is 3. The Balaban J connectivity index is 0.00000182. The van der Waals surface area contributed by atoms with Gasteiger partial charge in [0.25, 0.3) is 5.91 Å². The quantitative estimate of drug-likeness (QED) is 0.230. The Labute approximate surface area is 267 Å². The first-order chi connectivity index (χ1) is 22.4.